The van der Waals surface area contributed by atoms with Gasteiger partial charge in [0.05, 0.1) is 0 Å². The van der Waals surface area contributed by atoms with Crippen LogP contribution < -0.4 is 0 Å². The SMILES string of the molecule is C=CCC(C)(C)C(=O)CC. The summed E-state index contributed by atoms with van der Waals surface area (Å²) in [6.45, 7) is 9.42. The van der Waals surface area contributed by atoms with E-state index in [9.17, 15) is 4.79 Å². The molecule has 0 saturated carbocycles. The molecule has 0 spiro atoms. The zero-order valence-electron chi connectivity index (χ0n) is 7.11. The molecule has 0 bridgehead atoms. The highest BCUT2D eigenvalue weighted by Gasteiger charge is 2.23. The Labute approximate surface area is 63.1 Å². The van der Waals surface area contributed by atoms with Crippen LogP contribution in [0.2, 0.25) is 0 Å². The third kappa shape index (κ3) is 2.34. The fourth-order valence-corrected chi connectivity index (χ4v) is 0.953. The Morgan fingerprint density at radius 2 is 2.10 bits per heavy atom. The van der Waals surface area contributed by atoms with E-state index in [0.29, 0.717) is 12.2 Å². The maximum atomic E-state index is 11.2. The lowest BCUT2D eigenvalue weighted by Gasteiger charge is -2.19. The molecule has 0 aliphatic heterocycles. The third-order valence-corrected chi connectivity index (χ3v) is 1.73. The fraction of sp³-hybridized carbons (Fsp3) is 0.667. The molecule has 0 rings (SSSR count). The molecule has 0 unspecified atom stereocenters. The molecule has 0 fully saturated rings. The van der Waals surface area contributed by atoms with Gasteiger partial charge >= 0.3 is 0 Å². The molecule has 1 heteroatoms. The van der Waals surface area contributed by atoms with Gasteiger partial charge in [0.1, 0.15) is 5.78 Å². The Morgan fingerprint density at radius 3 is 2.40 bits per heavy atom. The van der Waals surface area contributed by atoms with E-state index in [1.54, 1.807) is 6.08 Å². The molecule has 1 nitrogen and oxygen atoms in total. The molecule has 0 aliphatic carbocycles. The summed E-state index contributed by atoms with van der Waals surface area (Å²) in [6, 6.07) is 0. The van der Waals surface area contributed by atoms with Crippen molar-refractivity contribution in [3.63, 3.8) is 0 Å². The van der Waals surface area contributed by atoms with Crippen LogP contribution in [-0.2, 0) is 4.79 Å². The highest BCUT2D eigenvalue weighted by Crippen LogP contribution is 2.22. The van der Waals surface area contributed by atoms with Gasteiger partial charge in [0.25, 0.3) is 0 Å². The van der Waals surface area contributed by atoms with Gasteiger partial charge in [-0.15, -0.1) is 6.58 Å². The van der Waals surface area contributed by atoms with Crippen LogP contribution in [0.3, 0.4) is 0 Å². The largest absolute Gasteiger partial charge is 0.299 e. The van der Waals surface area contributed by atoms with E-state index in [-0.39, 0.29) is 5.41 Å². The average molecular weight is 140 g/mol. The lowest BCUT2D eigenvalue weighted by atomic mass is 9.83. The first-order chi connectivity index (χ1) is 4.54. The van der Waals surface area contributed by atoms with E-state index in [2.05, 4.69) is 6.58 Å². The number of allylic oxidation sites excluding steroid dienone is 1. The van der Waals surface area contributed by atoms with Gasteiger partial charge in [0, 0.05) is 11.8 Å². The zero-order valence-corrected chi connectivity index (χ0v) is 7.11. The van der Waals surface area contributed by atoms with Crippen molar-refractivity contribution in [3.05, 3.63) is 12.7 Å². The molecule has 58 valence electrons. The lowest BCUT2D eigenvalue weighted by Crippen LogP contribution is -2.22. The number of Topliss-reactive ketones (excluding diaryl/α,β-unsaturated/α-hetero) is 1. The van der Waals surface area contributed by atoms with E-state index in [0.717, 1.165) is 6.42 Å². The summed E-state index contributed by atoms with van der Waals surface area (Å²) < 4.78 is 0. The Balaban J connectivity index is 4.08. The van der Waals surface area contributed by atoms with Crippen LogP contribution in [0.15, 0.2) is 12.7 Å². The lowest BCUT2D eigenvalue weighted by molar-refractivity contribution is -0.126. The summed E-state index contributed by atoms with van der Waals surface area (Å²) in [5, 5.41) is 0. The summed E-state index contributed by atoms with van der Waals surface area (Å²) in [7, 11) is 0. The highest BCUT2D eigenvalue weighted by molar-refractivity contribution is 5.83. The molecular formula is C9H16O. The topological polar surface area (TPSA) is 17.1 Å². The van der Waals surface area contributed by atoms with Crippen LogP contribution in [0.4, 0.5) is 0 Å². The summed E-state index contributed by atoms with van der Waals surface area (Å²) >= 11 is 0. The first-order valence-corrected chi connectivity index (χ1v) is 3.68. The number of hydrogen-bond acceptors (Lipinski definition) is 1. The van der Waals surface area contributed by atoms with Gasteiger partial charge in [-0.3, -0.25) is 4.79 Å². The van der Waals surface area contributed by atoms with Crippen molar-refractivity contribution in [2.24, 2.45) is 5.41 Å². The minimum absolute atomic E-state index is 0.198. The van der Waals surface area contributed by atoms with Crippen LogP contribution in [-0.4, -0.2) is 5.78 Å². The van der Waals surface area contributed by atoms with Crippen LogP contribution >= 0.6 is 0 Å². The van der Waals surface area contributed by atoms with E-state index in [1.807, 2.05) is 20.8 Å². The minimum atomic E-state index is -0.198. The molecule has 0 amide bonds. The summed E-state index contributed by atoms with van der Waals surface area (Å²) in [6.07, 6.45) is 3.20. The first-order valence-electron chi connectivity index (χ1n) is 3.68. The van der Waals surface area contributed by atoms with E-state index >= 15 is 0 Å². The standard InChI is InChI=1S/C9H16O/c1-5-7-9(3,4)8(10)6-2/h5H,1,6-7H2,2-4H3. The maximum Gasteiger partial charge on any atom is 0.138 e. The Hall–Kier alpha value is -0.590. The highest BCUT2D eigenvalue weighted by atomic mass is 16.1. The number of carbonyl (C=O) groups excluding carboxylic acids is 1. The van der Waals surface area contributed by atoms with Crippen molar-refractivity contribution in [1.29, 1.82) is 0 Å². The molecule has 0 heterocycles. The second-order valence-corrected chi connectivity index (χ2v) is 3.15. The number of hydrogen-bond donors (Lipinski definition) is 0. The van der Waals surface area contributed by atoms with Gasteiger partial charge in [-0.2, -0.15) is 0 Å². The van der Waals surface area contributed by atoms with Crippen LogP contribution in [0.25, 0.3) is 0 Å². The van der Waals surface area contributed by atoms with Crippen LogP contribution in [0, 0.1) is 5.41 Å². The molecule has 0 aromatic carbocycles. The Kier molecular flexibility index (Phi) is 3.34. The number of ketones is 1. The molecule has 0 atom stereocenters. The third-order valence-electron chi connectivity index (χ3n) is 1.73. The van der Waals surface area contributed by atoms with E-state index in [4.69, 9.17) is 0 Å². The predicted octanol–water partition coefficient (Wildman–Crippen LogP) is 2.57. The molecule has 0 aromatic heterocycles. The van der Waals surface area contributed by atoms with Gasteiger partial charge < -0.3 is 0 Å². The Morgan fingerprint density at radius 1 is 1.60 bits per heavy atom. The van der Waals surface area contributed by atoms with Gasteiger partial charge in [-0.25, -0.2) is 0 Å². The molecule has 0 aliphatic rings. The van der Waals surface area contributed by atoms with Gasteiger partial charge in [-0.1, -0.05) is 26.8 Å². The van der Waals surface area contributed by atoms with Crippen molar-refractivity contribution in [1.82, 2.24) is 0 Å². The Bertz CT molecular complexity index is 134. The first kappa shape index (κ1) is 9.41. The van der Waals surface area contributed by atoms with Gasteiger partial charge in [0.15, 0.2) is 0 Å². The van der Waals surface area contributed by atoms with E-state index in [1.165, 1.54) is 0 Å². The molecule has 0 saturated heterocycles. The molecule has 0 radical (unpaired) electrons. The van der Waals surface area contributed by atoms with Gasteiger partial charge in [0.2, 0.25) is 0 Å². The van der Waals surface area contributed by atoms with Crippen molar-refractivity contribution >= 4 is 5.78 Å². The maximum absolute atomic E-state index is 11.2. The van der Waals surface area contributed by atoms with Crippen molar-refractivity contribution in [2.75, 3.05) is 0 Å². The van der Waals surface area contributed by atoms with Crippen molar-refractivity contribution < 1.29 is 4.79 Å². The average Bonchev–Trinajstić information content (AvgIpc) is 1.86. The van der Waals surface area contributed by atoms with Crippen molar-refractivity contribution in [2.45, 2.75) is 33.6 Å². The summed E-state index contributed by atoms with van der Waals surface area (Å²) in [4.78, 5) is 11.2. The number of rotatable bonds is 4. The summed E-state index contributed by atoms with van der Waals surface area (Å²) in [5.74, 6) is 0.312. The molecule has 0 aromatic rings. The molecular weight excluding hydrogens is 124 g/mol. The molecule has 0 N–H and O–H groups in total. The van der Waals surface area contributed by atoms with Crippen LogP contribution in [0.5, 0.6) is 0 Å². The van der Waals surface area contributed by atoms with Crippen molar-refractivity contribution in [3.8, 4) is 0 Å². The second-order valence-electron chi connectivity index (χ2n) is 3.15. The quantitative estimate of drug-likeness (QED) is 0.548. The normalized spacial score (nSPS) is 11.1. The fourth-order valence-electron chi connectivity index (χ4n) is 0.953. The smallest absolute Gasteiger partial charge is 0.138 e. The van der Waals surface area contributed by atoms with E-state index < -0.39 is 0 Å². The predicted molar refractivity (Wildman–Crippen MR) is 43.9 cm³/mol. The van der Waals surface area contributed by atoms with Crippen LogP contribution in [0.1, 0.15) is 33.6 Å². The zero-order chi connectivity index (χ0) is 8.20. The number of carbonyl (C=O) groups is 1. The second kappa shape index (κ2) is 3.55. The summed E-state index contributed by atoms with van der Waals surface area (Å²) in [5.41, 5.74) is -0.198. The molecule has 10 heavy (non-hydrogen) atoms. The van der Waals surface area contributed by atoms with Gasteiger partial charge in [-0.05, 0) is 6.42 Å². The minimum Gasteiger partial charge on any atom is -0.299 e. The monoisotopic (exact) mass is 140 g/mol.